The Kier molecular flexibility index (Phi) is 5.98. The van der Waals surface area contributed by atoms with E-state index in [1.54, 1.807) is 0 Å². The Bertz CT molecular complexity index is 1240. The van der Waals surface area contributed by atoms with Gasteiger partial charge in [0.05, 0.1) is 5.92 Å². The molecule has 0 spiro atoms. The minimum atomic E-state index is -0.906. The highest BCUT2D eigenvalue weighted by Gasteiger charge is 2.33. The number of ether oxygens (including phenoxy) is 1. The molecule has 9 nitrogen and oxygen atoms in total. The van der Waals surface area contributed by atoms with Crippen LogP contribution in [0.25, 0.3) is 11.1 Å². The van der Waals surface area contributed by atoms with Crippen molar-refractivity contribution in [2.45, 2.75) is 19.3 Å². The topological polar surface area (TPSA) is 125 Å². The molecule has 2 aliphatic rings. The molecule has 2 aromatic carbocycles. The zero-order valence-corrected chi connectivity index (χ0v) is 19.2. The number of aromatic nitrogens is 2. The van der Waals surface area contributed by atoms with Crippen LogP contribution in [0.15, 0.2) is 54.6 Å². The van der Waals surface area contributed by atoms with Crippen LogP contribution in [-0.4, -0.2) is 57.9 Å². The van der Waals surface area contributed by atoms with Crippen LogP contribution in [0.1, 0.15) is 40.9 Å². The first-order valence-electron chi connectivity index (χ1n) is 11.6. The lowest BCUT2D eigenvalue weighted by Crippen LogP contribution is -2.45. The van der Waals surface area contributed by atoms with Crippen molar-refractivity contribution >= 4 is 23.8 Å². The van der Waals surface area contributed by atoms with Crippen molar-refractivity contribution in [1.82, 2.24) is 15.1 Å². The Morgan fingerprint density at radius 2 is 1.74 bits per heavy atom. The molecule has 1 aromatic heterocycles. The Hall–Kier alpha value is -4.14. The summed E-state index contributed by atoms with van der Waals surface area (Å²) in [4.78, 5) is 38.3. The number of piperidine rings is 1. The lowest BCUT2D eigenvalue weighted by molar-refractivity contribution is -0.143. The van der Waals surface area contributed by atoms with E-state index in [0.717, 1.165) is 22.3 Å². The molecule has 1 saturated heterocycles. The van der Waals surface area contributed by atoms with Crippen molar-refractivity contribution in [2.75, 3.05) is 25.0 Å². The van der Waals surface area contributed by atoms with Crippen LogP contribution >= 0.6 is 0 Å². The zero-order valence-electron chi connectivity index (χ0n) is 19.2. The fraction of sp³-hybridized carbons (Fsp3) is 0.308. The summed E-state index contributed by atoms with van der Waals surface area (Å²) in [6, 6.07) is 17.6. The van der Waals surface area contributed by atoms with Crippen LogP contribution in [0.2, 0.25) is 0 Å². The standard InChI is InChI=1S/C26H26N4O5/c1-15-10-16(25(32)33)13-30(12-15)24(31)22-11-23(29-28-22)27-26(34)35-14-21-19-8-4-2-6-17(19)18-7-3-5-9-20(18)21/h2-9,11,15-16,21H,10,12-14H2,1H3,(H,32,33)(H2,27,28,29,34). The summed E-state index contributed by atoms with van der Waals surface area (Å²) < 4.78 is 5.52. The number of amides is 2. The monoisotopic (exact) mass is 474 g/mol. The first-order chi connectivity index (χ1) is 16.9. The zero-order chi connectivity index (χ0) is 24.5. The van der Waals surface area contributed by atoms with E-state index in [0.29, 0.717) is 13.0 Å². The number of carbonyl (C=O) groups excluding carboxylic acids is 2. The average molecular weight is 475 g/mol. The van der Waals surface area contributed by atoms with E-state index in [2.05, 4.69) is 27.6 Å². The van der Waals surface area contributed by atoms with Crippen molar-refractivity contribution in [3.05, 3.63) is 71.4 Å². The molecule has 180 valence electrons. The molecule has 2 atom stereocenters. The van der Waals surface area contributed by atoms with E-state index in [9.17, 15) is 19.5 Å². The third kappa shape index (κ3) is 4.49. The highest BCUT2D eigenvalue weighted by atomic mass is 16.5. The molecule has 2 heterocycles. The van der Waals surface area contributed by atoms with Gasteiger partial charge >= 0.3 is 12.1 Å². The molecule has 5 rings (SSSR count). The van der Waals surface area contributed by atoms with Gasteiger partial charge in [0, 0.05) is 25.1 Å². The minimum Gasteiger partial charge on any atom is -0.481 e. The first-order valence-corrected chi connectivity index (χ1v) is 11.6. The SMILES string of the molecule is CC1CC(C(=O)O)CN(C(=O)c2cc(NC(=O)OCC3c4ccccc4-c4ccccc43)n[nH]2)C1. The van der Waals surface area contributed by atoms with E-state index >= 15 is 0 Å². The normalized spacial score (nSPS) is 19.1. The van der Waals surface area contributed by atoms with Gasteiger partial charge in [-0.2, -0.15) is 5.10 Å². The number of benzene rings is 2. The summed E-state index contributed by atoms with van der Waals surface area (Å²) in [6.07, 6.45) is -0.133. The van der Waals surface area contributed by atoms with Crippen molar-refractivity contribution in [1.29, 1.82) is 0 Å². The number of nitrogens with zero attached hydrogens (tertiary/aromatic N) is 2. The molecular weight excluding hydrogens is 448 g/mol. The van der Waals surface area contributed by atoms with Crippen LogP contribution in [-0.2, 0) is 9.53 Å². The van der Waals surface area contributed by atoms with Gasteiger partial charge in [-0.3, -0.25) is 20.0 Å². The van der Waals surface area contributed by atoms with E-state index in [4.69, 9.17) is 4.74 Å². The Labute approximate surface area is 202 Å². The minimum absolute atomic E-state index is 0.0623. The van der Waals surface area contributed by atoms with E-state index < -0.39 is 18.0 Å². The van der Waals surface area contributed by atoms with Crippen molar-refractivity contribution in [2.24, 2.45) is 11.8 Å². The summed E-state index contributed by atoms with van der Waals surface area (Å²) >= 11 is 0. The van der Waals surface area contributed by atoms with Gasteiger partial charge < -0.3 is 14.7 Å². The van der Waals surface area contributed by atoms with Gasteiger partial charge in [-0.25, -0.2) is 4.79 Å². The van der Waals surface area contributed by atoms with Gasteiger partial charge in [-0.15, -0.1) is 0 Å². The molecule has 1 fully saturated rings. The second-order valence-corrected chi connectivity index (χ2v) is 9.20. The molecule has 1 aliphatic carbocycles. The molecule has 3 aromatic rings. The van der Waals surface area contributed by atoms with Gasteiger partial charge in [0.2, 0.25) is 0 Å². The van der Waals surface area contributed by atoms with Crippen molar-refractivity contribution < 1.29 is 24.2 Å². The lowest BCUT2D eigenvalue weighted by Gasteiger charge is -2.34. The van der Waals surface area contributed by atoms with E-state index in [-0.39, 0.29) is 42.4 Å². The fourth-order valence-electron chi connectivity index (χ4n) is 5.10. The van der Waals surface area contributed by atoms with Gasteiger partial charge in [0.15, 0.2) is 5.82 Å². The van der Waals surface area contributed by atoms with Crippen molar-refractivity contribution in [3.63, 3.8) is 0 Å². The number of rotatable bonds is 5. The Balaban J connectivity index is 1.21. The number of anilines is 1. The number of aliphatic carboxylic acids is 1. The number of fused-ring (bicyclic) bond motifs is 3. The molecule has 1 aliphatic heterocycles. The van der Waals surface area contributed by atoms with Gasteiger partial charge in [-0.05, 0) is 34.6 Å². The van der Waals surface area contributed by atoms with Gasteiger partial charge in [-0.1, -0.05) is 55.5 Å². The van der Waals surface area contributed by atoms with Crippen LogP contribution in [0, 0.1) is 11.8 Å². The van der Waals surface area contributed by atoms with Crippen molar-refractivity contribution in [3.8, 4) is 11.1 Å². The number of carboxylic acid groups (broad SMARTS) is 1. The summed E-state index contributed by atoms with van der Waals surface area (Å²) in [6.45, 7) is 2.70. The molecule has 0 radical (unpaired) electrons. The first kappa shape index (κ1) is 22.6. The largest absolute Gasteiger partial charge is 0.481 e. The highest BCUT2D eigenvalue weighted by molar-refractivity contribution is 5.94. The number of carbonyl (C=O) groups is 3. The third-order valence-corrected chi connectivity index (χ3v) is 6.68. The Morgan fingerprint density at radius 1 is 1.09 bits per heavy atom. The molecule has 2 amide bonds. The predicted octanol–water partition coefficient (Wildman–Crippen LogP) is 3.95. The number of carboxylic acids is 1. The smallest absolute Gasteiger partial charge is 0.412 e. The fourth-order valence-corrected chi connectivity index (χ4v) is 5.10. The molecular formula is C26H26N4O5. The van der Waals surface area contributed by atoms with Crippen LogP contribution in [0.4, 0.5) is 10.6 Å². The van der Waals surface area contributed by atoms with Gasteiger partial charge in [0.25, 0.3) is 5.91 Å². The second-order valence-electron chi connectivity index (χ2n) is 9.20. The summed E-state index contributed by atoms with van der Waals surface area (Å²) in [5, 5.41) is 18.5. The number of H-pyrrole nitrogens is 1. The van der Waals surface area contributed by atoms with Crippen LogP contribution < -0.4 is 5.32 Å². The van der Waals surface area contributed by atoms with Crippen LogP contribution in [0.3, 0.4) is 0 Å². The maximum Gasteiger partial charge on any atom is 0.412 e. The van der Waals surface area contributed by atoms with E-state index in [1.165, 1.54) is 11.0 Å². The maximum absolute atomic E-state index is 12.9. The number of hydrogen-bond acceptors (Lipinski definition) is 5. The molecule has 35 heavy (non-hydrogen) atoms. The quantitative estimate of drug-likeness (QED) is 0.514. The number of nitrogens with one attached hydrogen (secondary N) is 2. The average Bonchev–Trinajstić information content (AvgIpc) is 3.44. The van der Waals surface area contributed by atoms with E-state index in [1.807, 2.05) is 43.3 Å². The highest BCUT2D eigenvalue weighted by Crippen LogP contribution is 2.44. The Morgan fingerprint density at radius 3 is 2.40 bits per heavy atom. The third-order valence-electron chi connectivity index (χ3n) is 6.68. The van der Waals surface area contributed by atoms with Crippen LogP contribution in [0.5, 0.6) is 0 Å². The summed E-state index contributed by atoms with van der Waals surface area (Å²) in [7, 11) is 0. The predicted molar refractivity (Wildman–Crippen MR) is 128 cm³/mol. The number of aromatic amines is 1. The number of hydrogen-bond donors (Lipinski definition) is 3. The summed E-state index contributed by atoms with van der Waals surface area (Å²) in [5.41, 5.74) is 4.70. The molecule has 2 unspecified atom stereocenters. The maximum atomic E-state index is 12.9. The lowest BCUT2D eigenvalue weighted by atomic mass is 9.90. The van der Waals surface area contributed by atoms with Gasteiger partial charge in [0.1, 0.15) is 12.3 Å². The molecule has 9 heteroatoms. The number of likely N-dealkylation sites (tertiary alicyclic amines) is 1. The summed E-state index contributed by atoms with van der Waals surface area (Å²) in [5.74, 6) is -1.68. The second kappa shape index (κ2) is 9.25. The molecule has 3 N–H and O–H groups in total. The molecule has 0 saturated carbocycles. The molecule has 0 bridgehead atoms.